The zero-order valence-corrected chi connectivity index (χ0v) is 5.92. The number of hydrogen-bond acceptors (Lipinski definition) is 0. The first-order valence-corrected chi connectivity index (χ1v) is 2.84. The molecule has 0 saturated carbocycles. The van der Waals surface area contributed by atoms with E-state index in [9.17, 15) is 0 Å². The molecule has 0 aliphatic carbocycles. The molecule has 0 unspecified atom stereocenters. The summed E-state index contributed by atoms with van der Waals surface area (Å²) in [5.74, 6) is 0. The van der Waals surface area contributed by atoms with Crippen LogP contribution in [0.1, 0.15) is 13.8 Å². The van der Waals surface area contributed by atoms with Crippen LogP contribution >= 0.6 is 23.2 Å². The molecule has 0 aromatic carbocycles. The largest absolute Gasteiger partial charge is 0.115 e. The highest BCUT2D eigenvalue weighted by atomic mass is 35.5. The van der Waals surface area contributed by atoms with Gasteiger partial charge in [-0.3, -0.25) is 0 Å². The van der Waals surface area contributed by atoms with E-state index in [2.05, 4.69) is 0 Å². The van der Waals surface area contributed by atoms with Crippen LogP contribution in [-0.4, -0.2) is 4.87 Å². The second-order valence-electron chi connectivity index (χ2n) is 1.86. The van der Waals surface area contributed by atoms with Crippen LogP contribution in [0, 0.1) is 0 Å². The van der Waals surface area contributed by atoms with Gasteiger partial charge in [0.2, 0.25) is 0 Å². The van der Waals surface area contributed by atoms with Crippen LogP contribution in [0.3, 0.4) is 0 Å². The summed E-state index contributed by atoms with van der Waals surface area (Å²) >= 11 is 10.9. The second-order valence-corrected chi connectivity index (χ2v) is 3.08. The third kappa shape index (κ3) is 6.32. The molecule has 0 bridgehead atoms. The summed E-state index contributed by atoms with van der Waals surface area (Å²) in [7, 11) is 0. The molecular formula is C5H8Cl2. The van der Waals surface area contributed by atoms with Gasteiger partial charge >= 0.3 is 0 Å². The van der Waals surface area contributed by atoms with Gasteiger partial charge in [0.15, 0.2) is 0 Å². The molecule has 42 valence electrons. The Hall–Kier alpha value is 0.320. The van der Waals surface area contributed by atoms with Gasteiger partial charge in [0.05, 0.1) is 4.87 Å². The van der Waals surface area contributed by atoms with Crippen molar-refractivity contribution in [2.24, 2.45) is 0 Å². The SMILES string of the molecule is CC(C)(Cl)C=CCl. The molecule has 0 saturated heterocycles. The van der Waals surface area contributed by atoms with E-state index in [1.807, 2.05) is 13.8 Å². The Morgan fingerprint density at radius 1 is 1.43 bits per heavy atom. The van der Waals surface area contributed by atoms with E-state index in [-0.39, 0.29) is 4.87 Å². The molecule has 0 aliphatic heterocycles. The summed E-state index contributed by atoms with van der Waals surface area (Å²) in [6, 6.07) is 0. The maximum Gasteiger partial charge on any atom is 0.0581 e. The third-order valence-corrected chi connectivity index (χ3v) is 0.711. The lowest BCUT2D eigenvalue weighted by molar-refractivity contribution is 0.884. The van der Waals surface area contributed by atoms with Crippen LogP contribution in [0.4, 0.5) is 0 Å². The van der Waals surface area contributed by atoms with Crippen LogP contribution in [-0.2, 0) is 0 Å². The smallest absolute Gasteiger partial charge is 0.0581 e. The Morgan fingerprint density at radius 3 is 1.86 bits per heavy atom. The van der Waals surface area contributed by atoms with Crippen molar-refractivity contribution < 1.29 is 0 Å². The monoisotopic (exact) mass is 138 g/mol. The highest BCUT2D eigenvalue weighted by Crippen LogP contribution is 2.13. The third-order valence-electron chi connectivity index (χ3n) is 0.459. The number of alkyl halides is 1. The zero-order valence-electron chi connectivity index (χ0n) is 4.41. The van der Waals surface area contributed by atoms with Crippen LogP contribution in [0.15, 0.2) is 11.6 Å². The quantitative estimate of drug-likeness (QED) is 0.490. The van der Waals surface area contributed by atoms with E-state index in [1.165, 1.54) is 5.54 Å². The molecule has 0 nitrogen and oxygen atoms in total. The standard InChI is InChI=1S/C5H8Cl2/c1-5(2,7)3-4-6/h3-4H,1-2H3. The van der Waals surface area contributed by atoms with Crippen molar-refractivity contribution in [2.45, 2.75) is 18.7 Å². The highest BCUT2D eigenvalue weighted by molar-refractivity contribution is 6.28. The zero-order chi connectivity index (χ0) is 5.91. The van der Waals surface area contributed by atoms with Crippen molar-refractivity contribution in [3.63, 3.8) is 0 Å². The molecule has 0 spiro atoms. The van der Waals surface area contributed by atoms with Gasteiger partial charge in [0.1, 0.15) is 0 Å². The normalized spacial score (nSPS) is 13.1. The lowest BCUT2D eigenvalue weighted by Crippen LogP contribution is -2.02. The molecule has 0 fully saturated rings. The molecule has 0 heterocycles. The molecule has 0 aromatic heterocycles. The number of halogens is 2. The molecule has 0 radical (unpaired) electrons. The lowest BCUT2D eigenvalue weighted by Gasteiger charge is -2.05. The average molecular weight is 139 g/mol. The van der Waals surface area contributed by atoms with E-state index in [1.54, 1.807) is 6.08 Å². The number of rotatable bonds is 1. The Bertz CT molecular complexity index is 68.6. The minimum atomic E-state index is -0.290. The minimum absolute atomic E-state index is 0.290. The number of allylic oxidation sites excluding steroid dienone is 1. The van der Waals surface area contributed by atoms with Gasteiger partial charge in [0.25, 0.3) is 0 Å². The first-order chi connectivity index (χ1) is 3.06. The Labute approximate surface area is 54.1 Å². The van der Waals surface area contributed by atoms with Gasteiger partial charge in [-0.05, 0) is 13.8 Å². The maximum absolute atomic E-state index is 5.66. The fourth-order valence-electron chi connectivity index (χ4n) is 0.150. The van der Waals surface area contributed by atoms with E-state index in [4.69, 9.17) is 23.2 Å². The lowest BCUT2D eigenvalue weighted by atomic mass is 10.2. The fourth-order valence-corrected chi connectivity index (χ4v) is 0.592. The van der Waals surface area contributed by atoms with Gasteiger partial charge in [-0.25, -0.2) is 0 Å². The Balaban J connectivity index is 3.56. The summed E-state index contributed by atoms with van der Waals surface area (Å²) in [6.45, 7) is 3.74. The molecule has 0 atom stereocenters. The number of hydrogen-bond donors (Lipinski definition) is 0. The molecule has 0 N–H and O–H groups in total. The van der Waals surface area contributed by atoms with Gasteiger partial charge < -0.3 is 0 Å². The second kappa shape index (κ2) is 2.58. The molecule has 0 aromatic rings. The van der Waals surface area contributed by atoms with Gasteiger partial charge in [-0.2, -0.15) is 0 Å². The van der Waals surface area contributed by atoms with E-state index < -0.39 is 0 Å². The Kier molecular flexibility index (Phi) is 2.70. The summed E-state index contributed by atoms with van der Waals surface area (Å²) in [6.07, 6.45) is 1.72. The molecule has 7 heavy (non-hydrogen) atoms. The first-order valence-electron chi connectivity index (χ1n) is 2.03. The van der Waals surface area contributed by atoms with E-state index >= 15 is 0 Å². The average Bonchev–Trinajstić information content (AvgIpc) is 1.30. The summed E-state index contributed by atoms with van der Waals surface area (Å²) in [4.78, 5) is -0.290. The summed E-state index contributed by atoms with van der Waals surface area (Å²) in [5.41, 5.74) is 1.42. The maximum atomic E-state index is 5.66. The highest BCUT2D eigenvalue weighted by Gasteiger charge is 2.05. The van der Waals surface area contributed by atoms with Crippen molar-refractivity contribution in [1.29, 1.82) is 0 Å². The summed E-state index contributed by atoms with van der Waals surface area (Å²) < 4.78 is 0. The van der Waals surface area contributed by atoms with Gasteiger partial charge in [-0.1, -0.05) is 17.7 Å². The minimum Gasteiger partial charge on any atom is -0.115 e. The van der Waals surface area contributed by atoms with Crippen molar-refractivity contribution in [3.05, 3.63) is 11.6 Å². The molecule has 0 aliphatic rings. The van der Waals surface area contributed by atoms with Crippen LogP contribution in [0.25, 0.3) is 0 Å². The molecule has 2 heteroatoms. The molecule has 0 amide bonds. The first kappa shape index (κ1) is 7.32. The fraction of sp³-hybridized carbons (Fsp3) is 0.600. The van der Waals surface area contributed by atoms with Crippen molar-refractivity contribution >= 4 is 23.2 Å². The predicted octanol–water partition coefficient (Wildman–Crippen LogP) is 2.76. The van der Waals surface area contributed by atoms with E-state index in [0.29, 0.717) is 0 Å². The Morgan fingerprint density at radius 2 is 1.86 bits per heavy atom. The molecule has 0 rings (SSSR count). The van der Waals surface area contributed by atoms with Crippen LogP contribution in [0.2, 0.25) is 0 Å². The predicted molar refractivity (Wildman–Crippen MR) is 34.9 cm³/mol. The molecular weight excluding hydrogens is 131 g/mol. The van der Waals surface area contributed by atoms with Crippen molar-refractivity contribution in [1.82, 2.24) is 0 Å². The topological polar surface area (TPSA) is 0 Å². The van der Waals surface area contributed by atoms with Crippen LogP contribution < -0.4 is 0 Å². The van der Waals surface area contributed by atoms with Gasteiger partial charge in [-0.15, -0.1) is 11.6 Å². The van der Waals surface area contributed by atoms with E-state index in [0.717, 1.165) is 0 Å². The summed E-state index contributed by atoms with van der Waals surface area (Å²) in [5, 5.41) is 0. The van der Waals surface area contributed by atoms with Crippen molar-refractivity contribution in [3.8, 4) is 0 Å². The van der Waals surface area contributed by atoms with Crippen LogP contribution in [0.5, 0.6) is 0 Å². The van der Waals surface area contributed by atoms with Crippen molar-refractivity contribution in [2.75, 3.05) is 0 Å². The van der Waals surface area contributed by atoms with Gasteiger partial charge in [0, 0.05) is 5.54 Å².